The molecule has 0 spiro atoms. The van der Waals surface area contributed by atoms with Crippen LogP contribution in [0.1, 0.15) is 36.4 Å². The van der Waals surface area contributed by atoms with E-state index < -0.39 is 6.10 Å². The number of nitrogens with zero attached hydrogens (tertiary/aromatic N) is 2. The summed E-state index contributed by atoms with van der Waals surface area (Å²) in [4.78, 5) is 8.15. The molecule has 0 radical (unpaired) electrons. The lowest BCUT2D eigenvalue weighted by molar-refractivity contribution is 0.194. The molecule has 100 valence electrons. The Bertz CT molecular complexity index is 518. The number of pyridine rings is 1. The summed E-state index contributed by atoms with van der Waals surface area (Å²) in [5, 5.41) is 11.6. The summed E-state index contributed by atoms with van der Waals surface area (Å²) in [5.74, 6) is 0. The van der Waals surface area contributed by atoms with Gasteiger partial charge in [0.15, 0.2) is 0 Å². The number of aliphatic hydroxyl groups excluding tert-OH is 1. The monoisotopic (exact) mass is 274 g/mol. The van der Waals surface area contributed by atoms with E-state index in [0.717, 1.165) is 17.9 Å². The van der Waals surface area contributed by atoms with Gasteiger partial charge in [-0.25, -0.2) is 0 Å². The van der Waals surface area contributed by atoms with Crippen LogP contribution in [0.3, 0.4) is 0 Å². The Morgan fingerprint density at radius 2 is 2.26 bits per heavy atom. The zero-order valence-corrected chi connectivity index (χ0v) is 11.8. The molecule has 1 aliphatic rings. The highest BCUT2D eigenvalue weighted by atomic mass is 32.1. The van der Waals surface area contributed by atoms with Crippen molar-refractivity contribution in [2.24, 2.45) is 0 Å². The van der Waals surface area contributed by atoms with Crippen molar-refractivity contribution in [2.75, 3.05) is 4.90 Å². The lowest BCUT2D eigenvalue weighted by Crippen LogP contribution is -2.24. The van der Waals surface area contributed by atoms with Crippen LogP contribution in [-0.4, -0.2) is 16.1 Å². The zero-order chi connectivity index (χ0) is 13.2. The molecule has 2 aromatic rings. The fourth-order valence-corrected chi connectivity index (χ4v) is 2.91. The lowest BCUT2D eigenvalue weighted by Gasteiger charge is -2.24. The quantitative estimate of drug-likeness (QED) is 0.908. The molecule has 1 aliphatic carbocycles. The number of anilines is 1. The van der Waals surface area contributed by atoms with Crippen LogP contribution in [0.25, 0.3) is 0 Å². The van der Waals surface area contributed by atoms with E-state index >= 15 is 0 Å². The molecule has 0 aromatic carbocycles. The van der Waals surface area contributed by atoms with Gasteiger partial charge in [-0.3, -0.25) is 4.98 Å². The second kappa shape index (κ2) is 5.31. The van der Waals surface area contributed by atoms with Gasteiger partial charge in [-0.15, -0.1) is 11.3 Å². The summed E-state index contributed by atoms with van der Waals surface area (Å²) >= 11 is 1.80. The second-order valence-electron chi connectivity index (χ2n) is 5.06. The Labute approximate surface area is 117 Å². The number of hydrogen-bond donors (Lipinski definition) is 1. The fourth-order valence-electron chi connectivity index (χ4n) is 2.20. The Morgan fingerprint density at radius 3 is 2.79 bits per heavy atom. The van der Waals surface area contributed by atoms with Crippen LogP contribution >= 0.6 is 11.3 Å². The molecule has 3 nitrogen and oxygen atoms in total. The maximum absolute atomic E-state index is 9.51. The Balaban J connectivity index is 1.79. The van der Waals surface area contributed by atoms with Gasteiger partial charge < -0.3 is 10.0 Å². The maximum atomic E-state index is 9.51. The van der Waals surface area contributed by atoms with Crippen molar-refractivity contribution in [3.63, 3.8) is 0 Å². The standard InChI is InChI=1S/C15H18N2OS/c1-11(18)15-7-6-13(9-16-15)17(12-4-5-12)10-14-3-2-8-19-14/h2-3,6-9,11-12,18H,4-5,10H2,1H3/t11-/m0/s1. The average molecular weight is 274 g/mol. The van der Waals surface area contributed by atoms with Crippen LogP contribution in [0.5, 0.6) is 0 Å². The van der Waals surface area contributed by atoms with Crippen molar-refractivity contribution in [3.05, 3.63) is 46.4 Å². The average Bonchev–Trinajstić information content (AvgIpc) is 3.13. The van der Waals surface area contributed by atoms with Crippen molar-refractivity contribution < 1.29 is 5.11 Å². The minimum Gasteiger partial charge on any atom is -0.387 e. The van der Waals surface area contributed by atoms with E-state index in [9.17, 15) is 5.11 Å². The number of rotatable bonds is 5. The van der Waals surface area contributed by atoms with Crippen LogP contribution in [-0.2, 0) is 6.54 Å². The number of aromatic nitrogens is 1. The van der Waals surface area contributed by atoms with Gasteiger partial charge in [0.25, 0.3) is 0 Å². The topological polar surface area (TPSA) is 36.4 Å². The van der Waals surface area contributed by atoms with Gasteiger partial charge >= 0.3 is 0 Å². The lowest BCUT2D eigenvalue weighted by atomic mass is 10.2. The largest absolute Gasteiger partial charge is 0.387 e. The van der Waals surface area contributed by atoms with Gasteiger partial charge in [0.2, 0.25) is 0 Å². The Hall–Kier alpha value is -1.39. The number of aliphatic hydroxyl groups is 1. The molecule has 1 N–H and O–H groups in total. The van der Waals surface area contributed by atoms with E-state index in [4.69, 9.17) is 0 Å². The molecule has 1 fully saturated rings. The van der Waals surface area contributed by atoms with Crippen LogP contribution < -0.4 is 4.90 Å². The third-order valence-electron chi connectivity index (χ3n) is 3.42. The predicted molar refractivity (Wildman–Crippen MR) is 78.4 cm³/mol. The highest BCUT2D eigenvalue weighted by molar-refractivity contribution is 7.09. The van der Waals surface area contributed by atoms with E-state index in [1.807, 2.05) is 12.3 Å². The van der Waals surface area contributed by atoms with Crippen molar-refractivity contribution in [3.8, 4) is 0 Å². The van der Waals surface area contributed by atoms with Gasteiger partial charge in [-0.05, 0) is 43.3 Å². The zero-order valence-electron chi connectivity index (χ0n) is 11.0. The minimum atomic E-state index is -0.499. The van der Waals surface area contributed by atoms with Crippen molar-refractivity contribution in [2.45, 2.75) is 38.5 Å². The maximum Gasteiger partial charge on any atom is 0.0931 e. The highest BCUT2D eigenvalue weighted by Crippen LogP contribution is 2.33. The van der Waals surface area contributed by atoms with Crippen LogP contribution in [0, 0.1) is 0 Å². The van der Waals surface area contributed by atoms with E-state index in [-0.39, 0.29) is 0 Å². The van der Waals surface area contributed by atoms with Crippen molar-refractivity contribution >= 4 is 17.0 Å². The molecular weight excluding hydrogens is 256 g/mol. The third-order valence-corrected chi connectivity index (χ3v) is 4.29. The summed E-state index contributed by atoms with van der Waals surface area (Å²) in [6.45, 7) is 2.70. The van der Waals surface area contributed by atoms with Gasteiger partial charge in [-0.1, -0.05) is 6.07 Å². The van der Waals surface area contributed by atoms with E-state index in [2.05, 4.69) is 33.5 Å². The second-order valence-corrected chi connectivity index (χ2v) is 6.09. The summed E-state index contributed by atoms with van der Waals surface area (Å²) < 4.78 is 0. The summed E-state index contributed by atoms with van der Waals surface area (Å²) in [5.41, 5.74) is 1.89. The first kappa shape index (κ1) is 12.6. The Morgan fingerprint density at radius 1 is 1.42 bits per heavy atom. The first-order valence-electron chi connectivity index (χ1n) is 6.67. The summed E-state index contributed by atoms with van der Waals surface area (Å²) in [6.07, 6.45) is 3.92. The molecular formula is C15H18N2OS. The molecule has 0 saturated heterocycles. The molecule has 1 saturated carbocycles. The summed E-state index contributed by atoms with van der Waals surface area (Å²) in [6, 6.07) is 8.92. The molecule has 0 unspecified atom stereocenters. The number of hydrogen-bond acceptors (Lipinski definition) is 4. The molecule has 1 atom stereocenters. The van der Waals surface area contributed by atoms with Gasteiger partial charge in [0.1, 0.15) is 0 Å². The van der Waals surface area contributed by atoms with Crippen LogP contribution in [0.2, 0.25) is 0 Å². The van der Waals surface area contributed by atoms with Gasteiger partial charge in [-0.2, -0.15) is 0 Å². The SMILES string of the molecule is C[C@H](O)c1ccc(N(Cc2cccs2)C2CC2)cn1. The minimum absolute atomic E-state index is 0.499. The Kier molecular flexibility index (Phi) is 3.53. The van der Waals surface area contributed by atoms with Gasteiger partial charge in [0.05, 0.1) is 30.2 Å². The van der Waals surface area contributed by atoms with Crippen molar-refractivity contribution in [1.29, 1.82) is 0 Å². The molecule has 4 heteroatoms. The van der Waals surface area contributed by atoms with Crippen LogP contribution in [0.15, 0.2) is 35.8 Å². The molecule has 2 aromatic heterocycles. The molecule has 19 heavy (non-hydrogen) atoms. The van der Waals surface area contributed by atoms with Gasteiger partial charge in [0, 0.05) is 10.9 Å². The summed E-state index contributed by atoms with van der Waals surface area (Å²) in [7, 11) is 0. The van der Waals surface area contributed by atoms with E-state index in [1.165, 1.54) is 17.7 Å². The smallest absolute Gasteiger partial charge is 0.0931 e. The molecule has 2 heterocycles. The van der Waals surface area contributed by atoms with E-state index in [0.29, 0.717) is 6.04 Å². The van der Waals surface area contributed by atoms with Crippen LogP contribution in [0.4, 0.5) is 5.69 Å². The third kappa shape index (κ3) is 2.96. The molecule has 0 bridgehead atoms. The molecule has 3 rings (SSSR count). The highest BCUT2D eigenvalue weighted by Gasteiger charge is 2.29. The molecule has 0 amide bonds. The van der Waals surface area contributed by atoms with Crippen molar-refractivity contribution in [1.82, 2.24) is 4.98 Å². The predicted octanol–water partition coefficient (Wildman–Crippen LogP) is 3.37. The fraction of sp³-hybridized carbons (Fsp3) is 0.400. The number of thiophene rings is 1. The van der Waals surface area contributed by atoms with E-state index in [1.54, 1.807) is 18.3 Å². The first-order chi connectivity index (χ1) is 9.24. The molecule has 0 aliphatic heterocycles. The first-order valence-corrected chi connectivity index (χ1v) is 7.55. The normalized spacial score (nSPS) is 16.3.